The molecule has 108 valence electrons. The van der Waals surface area contributed by atoms with E-state index in [1.807, 2.05) is 0 Å². The molecule has 1 aromatic heterocycles. The molecule has 0 aliphatic carbocycles. The number of aromatic nitrogens is 1. The van der Waals surface area contributed by atoms with E-state index in [9.17, 15) is 14.9 Å². The topological polar surface area (TPSA) is 76.1 Å². The number of nitrogens with one attached hydrogen (secondary N) is 1. The van der Waals surface area contributed by atoms with E-state index in [1.165, 1.54) is 22.9 Å². The maximum atomic E-state index is 11.9. The zero-order valence-corrected chi connectivity index (χ0v) is 13.0. The van der Waals surface area contributed by atoms with Crippen molar-refractivity contribution in [3.63, 3.8) is 0 Å². The summed E-state index contributed by atoms with van der Waals surface area (Å²) in [5.74, 6) is -0.329. The average molecular weight is 372 g/mol. The summed E-state index contributed by atoms with van der Waals surface area (Å²) in [6.07, 6.45) is 1.51. The van der Waals surface area contributed by atoms with Crippen LogP contribution in [0.15, 0.2) is 47.1 Å². The van der Waals surface area contributed by atoms with Crippen LogP contribution in [-0.4, -0.2) is 10.8 Å². The summed E-state index contributed by atoms with van der Waals surface area (Å²) in [7, 11) is 0. The first-order valence-electron chi connectivity index (χ1n) is 5.85. The number of nitrogens with zero attached hydrogens (tertiary/aromatic N) is 2. The highest BCUT2D eigenvalue weighted by Gasteiger charge is 2.24. The minimum atomic E-state index is -0.592. The Morgan fingerprint density at radius 1 is 1.33 bits per heavy atom. The van der Waals surface area contributed by atoms with Gasteiger partial charge in [0.15, 0.2) is 6.20 Å². The molecule has 0 spiro atoms. The smallest absolute Gasteiger partial charge is 0.321 e. The molecule has 0 fully saturated rings. The quantitative estimate of drug-likeness (QED) is 0.388. The molecule has 0 atom stereocenters. The highest BCUT2D eigenvalue weighted by atomic mass is 79.9. The van der Waals surface area contributed by atoms with Crippen molar-refractivity contribution in [2.24, 2.45) is 0 Å². The van der Waals surface area contributed by atoms with Crippen molar-refractivity contribution in [2.75, 3.05) is 5.32 Å². The van der Waals surface area contributed by atoms with Gasteiger partial charge in [-0.3, -0.25) is 14.9 Å². The largest absolute Gasteiger partial charge is 0.354 e. The van der Waals surface area contributed by atoms with E-state index >= 15 is 0 Å². The number of hydrogen-bond acceptors (Lipinski definition) is 3. The van der Waals surface area contributed by atoms with Gasteiger partial charge in [-0.2, -0.15) is 4.57 Å². The van der Waals surface area contributed by atoms with Crippen molar-refractivity contribution in [3.05, 3.63) is 62.3 Å². The van der Waals surface area contributed by atoms with Crippen LogP contribution in [0.2, 0.25) is 5.15 Å². The number of amides is 1. The summed E-state index contributed by atoms with van der Waals surface area (Å²) in [6.45, 7) is -0.115. The van der Waals surface area contributed by atoms with Crippen molar-refractivity contribution in [1.29, 1.82) is 0 Å². The lowest BCUT2D eigenvalue weighted by Crippen LogP contribution is -2.41. The van der Waals surface area contributed by atoms with Gasteiger partial charge in [-0.25, -0.2) is 0 Å². The normalized spacial score (nSPS) is 10.2. The van der Waals surface area contributed by atoms with E-state index < -0.39 is 4.92 Å². The number of hydrogen-bond donors (Lipinski definition) is 1. The lowest BCUT2D eigenvalue weighted by Gasteiger charge is -2.03. The van der Waals surface area contributed by atoms with Crippen LogP contribution >= 0.6 is 27.5 Å². The molecule has 0 saturated carbocycles. The van der Waals surface area contributed by atoms with E-state index in [4.69, 9.17) is 11.6 Å². The number of carbonyl (C=O) groups is 1. The highest BCUT2D eigenvalue weighted by Crippen LogP contribution is 2.19. The van der Waals surface area contributed by atoms with Gasteiger partial charge in [0.1, 0.15) is 0 Å². The molecule has 2 rings (SSSR count). The molecular weight excluding hydrogens is 362 g/mol. The van der Waals surface area contributed by atoms with Gasteiger partial charge in [0.2, 0.25) is 6.54 Å². The SMILES string of the molecule is O=C(C[n+]1cccc([N+](=O)[O-])c1Cl)Nc1ccc(Br)cc1. The minimum Gasteiger partial charge on any atom is -0.321 e. The van der Waals surface area contributed by atoms with Crippen molar-refractivity contribution in [1.82, 2.24) is 0 Å². The Hall–Kier alpha value is -1.99. The van der Waals surface area contributed by atoms with Crippen molar-refractivity contribution in [2.45, 2.75) is 6.54 Å². The Morgan fingerprint density at radius 2 is 2.00 bits per heavy atom. The van der Waals surface area contributed by atoms with E-state index in [0.717, 1.165) is 4.47 Å². The van der Waals surface area contributed by atoms with Crippen LogP contribution in [0.1, 0.15) is 0 Å². The minimum absolute atomic E-state index is 0.0894. The first-order chi connectivity index (χ1) is 9.97. The monoisotopic (exact) mass is 370 g/mol. The predicted octanol–water partition coefficient (Wildman–Crippen LogP) is 2.94. The molecule has 1 N–H and O–H groups in total. The Kier molecular flexibility index (Phi) is 4.87. The van der Waals surface area contributed by atoms with Crippen molar-refractivity contribution >= 4 is 44.8 Å². The number of pyridine rings is 1. The number of anilines is 1. The first kappa shape index (κ1) is 15.4. The Morgan fingerprint density at radius 3 is 2.62 bits per heavy atom. The number of rotatable bonds is 4. The van der Waals surface area contributed by atoms with Crippen LogP contribution in [0.25, 0.3) is 0 Å². The molecule has 2 aromatic rings. The number of halogens is 2. The van der Waals surface area contributed by atoms with Crippen LogP contribution < -0.4 is 9.88 Å². The number of carbonyl (C=O) groups excluding carboxylic acids is 1. The van der Waals surface area contributed by atoms with Gasteiger partial charge >= 0.3 is 10.8 Å². The second kappa shape index (κ2) is 6.64. The highest BCUT2D eigenvalue weighted by molar-refractivity contribution is 9.10. The molecule has 0 aliphatic rings. The third-order valence-electron chi connectivity index (χ3n) is 2.62. The van der Waals surface area contributed by atoms with E-state index in [1.54, 1.807) is 24.3 Å². The maximum absolute atomic E-state index is 11.9. The van der Waals surface area contributed by atoms with Crippen molar-refractivity contribution < 1.29 is 14.3 Å². The standard InChI is InChI=1S/C13H9BrClN3O3/c14-9-3-5-10(6-4-9)16-12(19)8-17-7-1-2-11(13(17)15)18(20)21/h1-7H,8H2/p+1. The van der Waals surface area contributed by atoms with Gasteiger partial charge in [-0.05, 0) is 35.9 Å². The van der Waals surface area contributed by atoms with Gasteiger partial charge < -0.3 is 5.32 Å². The molecule has 1 amide bonds. The van der Waals surface area contributed by atoms with Crippen LogP contribution in [0, 0.1) is 10.1 Å². The van der Waals surface area contributed by atoms with Gasteiger partial charge in [0.25, 0.3) is 5.91 Å². The zero-order chi connectivity index (χ0) is 15.4. The Balaban J connectivity index is 2.11. The molecule has 0 aliphatic heterocycles. The zero-order valence-electron chi connectivity index (χ0n) is 10.6. The summed E-state index contributed by atoms with van der Waals surface area (Å²) in [6, 6.07) is 9.82. The molecule has 0 unspecified atom stereocenters. The Labute approximate surface area is 133 Å². The van der Waals surface area contributed by atoms with Gasteiger partial charge in [0, 0.05) is 22.3 Å². The van der Waals surface area contributed by atoms with Crippen LogP contribution in [0.5, 0.6) is 0 Å². The first-order valence-corrected chi connectivity index (χ1v) is 7.02. The summed E-state index contributed by atoms with van der Waals surface area (Å²) in [4.78, 5) is 22.1. The van der Waals surface area contributed by atoms with Crippen LogP contribution in [0.3, 0.4) is 0 Å². The summed E-state index contributed by atoms with van der Waals surface area (Å²) in [5.41, 5.74) is 0.390. The van der Waals surface area contributed by atoms with E-state index in [0.29, 0.717) is 5.69 Å². The molecule has 0 radical (unpaired) electrons. The fourth-order valence-electron chi connectivity index (χ4n) is 1.67. The molecule has 8 heteroatoms. The van der Waals surface area contributed by atoms with Crippen LogP contribution in [-0.2, 0) is 11.3 Å². The van der Waals surface area contributed by atoms with E-state index in [2.05, 4.69) is 21.2 Å². The number of nitro groups is 1. The van der Waals surface area contributed by atoms with Crippen molar-refractivity contribution in [3.8, 4) is 0 Å². The van der Waals surface area contributed by atoms with Gasteiger partial charge in [-0.1, -0.05) is 15.9 Å². The summed E-state index contributed by atoms with van der Waals surface area (Å²) >= 11 is 9.21. The summed E-state index contributed by atoms with van der Waals surface area (Å²) in [5, 5.41) is 13.4. The van der Waals surface area contributed by atoms with Gasteiger partial charge in [-0.15, -0.1) is 0 Å². The lowest BCUT2D eigenvalue weighted by molar-refractivity contribution is -0.684. The van der Waals surface area contributed by atoms with Gasteiger partial charge in [0.05, 0.1) is 4.92 Å². The molecule has 0 bridgehead atoms. The third-order valence-corrected chi connectivity index (χ3v) is 3.56. The third kappa shape index (κ3) is 3.99. The second-order valence-corrected chi connectivity index (χ2v) is 5.40. The van der Waals surface area contributed by atoms with Crippen LogP contribution in [0.4, 0.5) is 11.4 Å². The summed E-state index contributed by atoms with van der Waals surface area (Å²) < 4.78 is 2.21. The second-order valence-electron chi connectivity index (χ2n) is 4.12. The number of benzene rings is 1. The molecule has 6 nitrogen and oxygen atoms in total. The average Bonchev–Trinajstić information content (AvgIpc) is 2.43. The maximum Gasteiger partial charge on any atom is 0.354 e. The molecule has 21 heavy (non-hydrogen) atoms. The fourth-order valence-corrected chi connectivity index (χ4v) is 2.18. The predicted molar refractivity (Wildman–Crippen MR) is 81.1 cm³/mol. The van der Waals surface area contributed by atoms with E-state index in [-0.39, 0.29) is 23.3 Å². The molecule has 1 heterocycles. The molecule has 1 aromatic carbocycles. The molecule has 0 saturated heterocycles. The molecular formula is C13H10BrClN3O3+. The Bertz CT molecular complexity index is 692. The lowest BCUT2D eigenvalue weighted by atomic mass is 10.3. The fraction of sp³-hybridized carbons (Fsp3) is 0.0769.